The van der Waals surface area contributed by atoms with Crippen molar-refractivity contribution in [3.8, 4) is 0 Å². The van der Waals surface area contributed by atoms with Crippen molar-refractivity contribution in [3.05, 3.63) is 9.98 Å². The third-order valence-electron chi connectivity index (χ3n) is 2.99. The molecule has 0 spiro atoms. The Balaban J connectivity index is 1.91. The first-order chi connectivity index (χ1) is 7.24. The van der Waals surface area contributed by atoms with E-state index in [1.807, 2.05) is 17.1 Å². The van der Waals surface area contributed by atoms with Gasteiger partial charge < -0.3 is 5.32 Å². The number of nitrogens with one attached hydrogen (secondary N) is 1. The van der Waals surface area contributed by atoms with Crippen LogP contribution >= 0.6 is 39.0 Å². The van der Waals surface area contributed by atoms with Gasteiger partial charge in [-0.2, -0.15) is 11.8 Å². The van der Waals surface area contributed by atoms with Gasteiger partial charge in [-0.05, 0) is 35.0 Å². The van der Waals surface area contributed by atoms with E-state index < -0.39 is 0 Å². The summed E-state index contributed by atoms with van der Waals surface area (Å²) in [7, 11) is 0. The predicted molar refractivity (Wildman–Crippen MR) is 73.0 cm³/mol. The van der Waals surface area contributed by atoms with Crippen LogP contribution in [-0.4, -0.2) is 22.5 Å². The summed E-state index contributed by atoms with van der Waals surface area (Å²) >= 11 is 7.04. The molecule has 0 saturated heterocycles. The van der Waals surface area contributed by atoms with E-state index in [4.69, 9.17) is 0 Å². The number of anilines is 1. The van der Waals surface area contributed by atoms with Crippen LogP contribution in [0.2, 0.25) is 0 Å². The van der Waals surface area contributed by atoms with Crippen LogP contribution in [0.5, 0.6) is 0 Å². The first-order valence-electron chi connectivity index (χ1n) is 5.14. The summed E-state index contributed by atoms with van der Waals surface area (Å²) in [5.41, 5.74) is 0. The molecule has 0 aliphatic heterocycles. The highest BCUT2D eigenvalue weighted by molar-refractivity contribution is 9.10. The van der Waals surface area contributed by atoms with Crippen LogP contribution in [0.4, 0.5) is 5.13 Å². The number of hydrogen-bond donors (Lipinski definition) is 1. The largest absolute Gasteiger partial charge is 0.360 e. The number of hydrogen-bond acceptors (Lipinski definition) is 4. The van der Waals surface area contributed by atoms with Crippen molar-refractivity contribution in [3.63, 3.8) is 0 Å². The van der Waals surface area contributed by atoms with Crippen molar-refractivity contribution in [2.75, 3.05) is 18.1 Å². The van der Waals surface area contributed by atoms with Gasteiger partial charge in [-0.25, -0.2) is 4.98 Å². The molecule has 0 unspecified atom stereocenters. The number of nitrogens with zero attached hydrogens (tertiary/aromatic N) is 1. The molecule has 0 atom stereocenters. The van der Waals surface area contributed by atoms with Crippen LogP contribution in [0.15, 0.2) is 9.98 Å². The van der Waals surface area contributed by atoms with Gasteiger partial charge >= 0.3 is 0 Å². The van der Waals surface area contributed by atoms with Gasteiger partial charge in [0.15, 0.2) is 5.13 Å². The highest BCUT2D eigenvalue weighted by Crippen LogP contribution is 2.40. The van der Waals surface area contributed by atoms with Crippen molar-refractivity contribution >= 4 is 44.2 Å². The second-order valence-corrected chi connectivity index (χ2v) is 6.87. The SMILES string of the molecule is CSC1(CNc2nc(Br)cs2)CCCC1. The lowest BCUT2D eigenvalue weighted by Crippen LogP contribution is -2.29. The average molecular weight is 307 g/mol. The molecule has 2 nitrogen and oxygen atoms in total. The lowest BCUT2D eigenvalue weighted by atomic mass is 10.1. The molecule has 2 rings (SSSR count). The smallest absolute Gasteiger partial charge is 0.183 e. The van der Waals surface area contributed by atoms with Crippen LogP contribution in [0.25, 0.3) is 0 Å². The van der Waals surface area contributed by atoms with Gasteiger partial charge in [0.2, 0.25) is 0 Å². The summed E-state index contributed by atoms with van der Waals surface area (Å²) in [6.07, 6.45) is 7.67. The maximum atomic E-state index is 4.35. The Hall–Kier alpha value is 0.260. The predicted octanol–water partition coefficient (Wildman–Crippen LogP) is 3.99. The highest BCUT2D eigenvalue weighted by atomic mass is 79.9. The van der Waals surface area contributed by atoms with Crippen molar-refractivity contribution < 1.29 is 0 Å². The summed E-state index contributed by atoms with van der Waals surface area (Å²) in [4.78, 5) is 4.35. The molecular weight excluding hydrogens is 292 g/mol. The Bertz CT molecular complexity index is 321. The number of rotatable bonds is 4. The molecule has 1 heterocycles. The molecule has 15 heavy (non-hydrogen) atoms. The molecule has 1 aromatic rings. The zero-order valence-electron chi connectivity index (χ0n) is 8.75. The van der Waals surface area contributed by atoms with E-state index in [0.29, 0.717) is 4.75 Å². The van der Waals surface area contributed by atoms with Gasteiger partial charge in [0.05, 0.1) is 0 Å². The Kier molecular flexibility index (Phi) is 3.96. The Morgan fingerprint density at radius 1 is 1.60 bits per heavy atom. The molecule has 5 heteroatoms. The fourth-order valence-corrected chi connectivity index (χ4v) is 4.10. The van der Waals surface area contributed by atoms with Crippen LogP contribution in [0, 0.1) is 0 Å². The van der Waals surface area contributed by atoms with Gasteiger partial charge in [0, 0.05) is 16.7 Å². The molecule has 1 saturated carbocycles. The summed E-state index contributed by atoms with van der Waals surface area (Å²) < 4.78 is 1.39. The van der Waals surface area contributed by atoms with Crippen molar-refractivity contribution in [2.24, 2.45) is 0 Å². The quantitative estimate of drug-likeness (QED) is 0.910. The van der Waals surface area contributed by atoms with Crippen molar-refractivity contribution in [1.29, 1.82) is 0 Å². The molecule has 84 valence electrons. The normalized spacial score (nSPS) is 19.3. The molecule has 1 aromatic heterocycles. The lowest BCUT2D eigenvalue weighted by Gasteiger charge is -2.26. The molecule has 0 radical (unpaired) electrons. The fourth-order valence-electron chi connectivity index (χ4n) is 2.04. The maximum absolute atomic E-state index is 4.35. The number of halogens is 1. The van der Waals surface area contributed by atoms with Gasteiger partial charge in [-0.3, -0.25) is 0 Å². The summed E-state index contributed by atoms with van der Waals surface area (Å²) in [6.45, 7) is 1.05. The third-order valence-corrected chi connectivity index (χ3v) is 5.91. The summed E-state index contributed by atoms with van der Waals surface area (Å²) in [5.74, 6) is 0. The van der Waals surface area contributed by atoms with Crippen LogP contribution in [-0.2, 0) is 0 Å². The van der Waals surface area contributed by atoms with Crippen LogP contribution < -0.4 is 5.32 Å². The van der Waals surface area contributed by atoms with E-state index >= 15 is 0 Å². The second kappa shape index (κ2) is 5.06. The first kappa shape index (κ1) is 11.7. The Morgan fingerprint density at radius 3 is 2.87 bits per heavy atom. The zero-order chi connectivity index (χ0) is 10.7. The molecule has 1 N–H and O–H groups in total. The number of thioether (sulfide) groups is 1. The topological polar surface area (TPSA) is 24.9 Å². The zero-order valence-corrected chi connectivity index (χ0v) is 12.0. The monoisotopic (exact) mass is 306 g/mol. The Labute approximate surface area is 107 Å². The second-order valence-electron chi connectivity index (χ2n) is 3.92. The number of aromatic nitrogens is 1. The summed E-state index contributed by atoms with van der Waals surface area (Å²) in [5, 5.41) is 6.50. The maximum Gasteiger partial charge on any atom is 0.183 e. The van der Waals surface area contributed by atoms with E-state index in [-0.39, 0.29) is 0 Å². The van der Waals surface area contributed by atoms with E-state index in [1.54, 1.807) is 11.3 Å². The van der Waals surface area contributed by atoms with E-state index in [9.17, 15) is 0 Å². The Morgan fingerprint density at radius 2 is 2.33 bits per heavy atom. The summed E-state index contributed by atoms with van der Waals surface area (Å²) in [6, 6.07) is 0. The molecule has 0 bridgehead atoms. The minimum absolute atomic E-state index is 0.456. The van der Waals surface area contributed by atoms with Gasteiger partial charge in [-0.15, -0.1) is 11.3 Å². The standard InChI is InChI=1S/C10H15BrN2S2/c1-14-10(4-2-3-5-10)7-12-9-13-8(11)6-15-9/h6H,2-5,7H2,1H3,(H,12,13). The van der Waals surface area contributed by atoms with Crippen LogP contribution in [0.1, 0.15) is 25.7 Å². The molecule has 1 aliphatic rings. The minimum Gasteiger partial charge on any atom is -0.360 e. The lowest BCUT2D eigenvalue weighted by molar-refractivity contribution is 0.639. The van der Waals surface area contributed by atoms with Gasteiger partial charge in [0.25, 0.3) is 0 Å². The third kappa shape index (κ3) is 2.88. The first-order valence-corrected chi connectivity index (χ1v) is 8.04. The van der Waals surface area contributed by atoms with E-state index in [2.05, 4.69) is 32.5 Å². The molecule has 0 aromatic carbocycles. The minimum atomic E-state index is 0.456. The molecule has 0 amide bonds. The molecule has 1 fully saturated rings. The molecular formula is C10H15BrN2S2. The van der Waals surface area contributed by atoms with Crippen LogP contribution in [0.3, 0.4) is 0 Å². The van der Waals surface area contributed by atoms with Gasteiger partial charge in [-0.1, -0.05) is 12.8 Å². The van der Waals surface area contributed by atoms with Gasteiger partial charge in [0.1, 0.15) is 4.60 Å². The number of thiazole rings is 1. The molecule has 1 aliphatic carbocycles. The van der Waals surface area contributed by atoms with Crippen molar-refractivity contribution in [2.45, 2.75) is 30.4 Å². The van der Waals surface area contributed by atoms with E-state index in [0.717, 1.165) is 16.3 Å². The average Bonchev–Trinajstić information content (AvgIpc) is 2.85. The van der Waals surface area contributed by atoms with E-state index in [1.165, 1.54) is 25.7 Å². The fraction of sp³-hybridized carbons (Fsp3) is 0.700. The van der Waals surface area contributed by atoms with Crippen molar-refractivity contribution in [1.82, 2.24) is 4.98 Å². The highest BCUT2D eigenvalue weighted by Gasteiger charge is 2.32.